The maximum absolute atomic E-state index is 5.83. The molecule has 0 atom stereocenters. The van der Waals surface area contributed by atoms with E-state index in [2.05, 4.69) is 4.98 Å². The highest BCUT2D eigenvalue weighted by Gasteiger charge is 2.39. The molecule has 0 aliphatic heterocycles. The Morgan fingerprint density at radius 3 is 2.20 bits per heavy atom. The average molecular weight is 316 g/mol. The third kappa shape index (κ3) is 6.36. The lowest BCUT2D eigenvalue weighted by molar-refractivity contribution is 0.0712. The molecule has 0 aromatic carbocycles. The first-order chi connectivity index (χ1) is 9.76. The van der Waals surface area contributed by atoms with E-state index in [1.165, 1.54) is 0 Å². The molecule has 1 aromatic rings. The Bertz CT molecular complexity index is 337. The van der Waals surface area contributed by atoms with E-state index >= 15 is 0 Å². The SMILES string of the molecule is CCO[Si](CCCSc1ccccn1)(OCC)OCC. The van der Waals surface area contributed by atoms with Gasteiger partial charge in [-0.25, -0.2) is 4.98 Å². The van der Waals surface area contributed by atoms with Crippen molar-refractivity contribution in [2.24, 2.45) is 0 Å². The summed E-state index contributed by atoms with van der Waals surface area (Å²) < 4.78 is 17.5. The van der Waals surface area contributed by atoms with E-state index in [1.807, 2.05) is 45.2 Å². The van der Waals surface area contributed by atoms with Crippen molar-refractivity contribution < 1.29 is 13.3 Å². The van der Waals surface area contributed by atoms with Crippen molar-refractivity contribution in [1.29, 1.82) is 0 Å². The third-order valence-corrected chi connectivity index (χ3v) is 6.79. The number of aromatic nitrogens is 1. The summed E-state index contributed by atoms with van der Waals surface area (Å²) in [5, 5.41) is 1.06. The molecule has 0 amide bonds. The van der Waals surface area contributed by atoms with Crippen molar-refractivity contribution in [1.82, 2.24) is 4.98 Å². The van der Waals surface area contributed by atoms with Gasteiger partial charge in [-0.05, 0) is 45.1 Å². The lowest BCUT2D eigenvalue weighted by Gasteiger charge is -2.28. The lowest BCUT2D eigenvalue weighted by atomic mass is 10.5. The second-order valence-electron chi connectivity index (χ2n) is 4.10. The minimum Gasteiger partial charge on any atom is -0.374 e. The van der Waals surface area contributed by atoms with Crippen LogP contribution in [0.3, 0.4) is 0 Å². The van der Waals surface area contributed by atoms with Crippen molar-refractivity contribution in [3.63, 3.8) is 0 Å². The monoisotopic (exact) mass is 315 g/mol. The molecule has 1 rings (SSSR count). The van der Waals surface area contributed by atoms with E-state index in [0.29, 0.717) is 19.8 Å². The fraction of sp³-hybridized carbons (Fsp3) is 0.643. The van der Waals surface area contributed by atoms with Crippen LogP contribution in [0.2, 0.25) is 6.04 Å². The summed E-state index contributed by atoms with van der Waals surface area (Å²) in [7, 11) is -2.47. The van der Waals surface area contributed by atoms with Gasteiger partial charge >= 0.3 is 8.80 Å². The first kappa shape index (κ1) is 17.6. The van der Waals surface area contributed by atoms with Crippen LogP contribution in [-0.2, 0) is 13.3 Å². The third-order valence-electron chi connectivity index (χ3n) is 2.61. The van der Waals surface area contributed by atoms with Gasteiger partial charge in [0.15, 0.2) is 0 Å². The first-order valence-electron chi connectivity index (χ1n) is 7.22. The van der Waals surface area contributed by atoms with Crippen LogP contribution in [0, 0.1) is 0 Å². The van der Waals surface area contributed by atoms with E-state index in [4.69, 9.17) is 13.3 Å². The predicted molar refractivity (Wildman–Crippen MR) is 85.0 cm³/mol. The topological polar surface area (TPSA) is 40.6 Å². The highest BCUT2D eigenvalue weighted by atomic mass is 32.2. The highest BCUT2D eigenvalue weighted by molar-refractivity contribution is 7.99. The fourth-order valence-corrected chi connectivity index (χ4v) is 5.58. The number of nitrogens with zero attached hydrogens (tertiary/aromatic N) is 1. The molecule has 114 valence electrons. The quantitative estimate of drug-likeness (QED) is 0.354. The largest absolute Gasteiger partial charge is 0.500 e. The standard InChI is InChI=1S/C14H25NO3SSi/c1-4-16-20(17-5-2,18-6-3)13-9-12-19-14-10-7-8-11-15-14/h7-8,10-11H,4-6,9,12-13H2,1-3H3. The van der Waals surface area contributed by atoms with Gasteiger partial charge in [0.1, 0.15) is 0 Å². The van der Waals surface area contributed by atoms with Crippen LogP contribution < -0.4 is 0 Å². The number of hydrogen-bond acceptors (Lipinski definition) is 5. The normalized spacial score (nSPS) is 11.8. The summed E-state index contributed by atoms with van der Waals surface area (Å²) in [6.45, 7) is 7.88. The van der Waals surface area contributed by atoms with Crippen molar-refractivity contribution in [2.45, 2.75) is 38.3 Å². The molecule has 4 nitrogen and oxygen atoms in total. The number of rotatable bonds is 11. The van der Waals surface area contributed by atoms with E-state index < -0.39 is 8.80 Å². The predicted octanol–water partition coefficient (Wildman–Crippen LogP) is 3.61. The van der Waals surface area contributed by atoms with E-state index in [9.17, 15) is 0 Å². The Hall–Kier alpha value is -0.403. The Balaban J connectivity index is 2.40. The van der Waals surface area contributed by atoms with Gasteiger partial charge in [0.05, 0.1) is 5.03 Å². The van der Waals surface area contributed by atoms with E-state index in [1.54, 1.807) is 11.8 Å². The molecule has 0 saturated heterocycles. The first-order valence-corrected chi connectivity index (χ1v) is 10.1. The van der Waals surface area contributed by atoms with Crippen molar-refractivity contribution in [3.8, 4) is 0 Å². The zero-order valence-electron chi connectivity index (χ0n) is 12.6. The molecular weight excluding hydrogens is 290 g/mol. The molecule has 1 aromatic heterocycles. The van der Waals surface area contributed by atoms with Gasteiger partial charge in [0.2, 0.25) is 0 Å². The van der Waals surface area contributed by atoms with Gasteiger partial charge in [-0.15, -0.1) is 11.8 Å². The van der Waals surface area contributed by atoms with Crippen molar-refractivity contribution >= 4 is 20.6 Å². The van der Waals surface area contributed by atoms with Gasteiger partial charge in [0, 0.05) is 32.1 Å². The molecule has 0 spiro atoms. The Morgan fingerprint density at radius 1 is 1.05 bits per heavy atom. The van der Waals surface area contributed by atoms with Crippen LogP contribution in [0.25, 0.3) is 0 Å². The molecule has 0 aliphatic carbocycles. The Labute approximate surface area is 127 Å². The minimum absolute atomic E-state index is 0.638. The molecule has 1 heterocycles. The molecule has 0 fully saturated rings. The van der Waals surface area contributed by atoms with Gasteiger partial charge in [-0.2, -0.15) is 0 Å². The summed E-state index contributed by atoms with van der Waals surface area (Å²) in [6, 6.07) is 6.83. The second kappa shape index (κ2) is 10.3. The summed E-state index contributed by atoms with van der Waals surface area (Å²) in [5.74, 6) is 0.999. The smallest absolute Gasteiger partial charge is 0.374 e. The Kier molecular flexibility index (Phi) is 9.13. The van der Waals surface area contributed by atoms with Crippen LogP contribution in [0.5, 0.6) is 0 Å². The number of hydrogen-bond donors (Lipinski definition) is 0. The molecule has 6 heteroatoms. The number of pyridine rings is 1. The molecule has 0 N–H and O–H groups in total. The lowest BCUT2D eigenvalue weighted by Crippen LogP contribution is -2.46. The van der Waals surface area contributed by atoms with Gasteiger partial charge in [-0.1, -0.05) is 6.07 Å². The summed E-state index contributed by atoms with van der Waals surface area (Å²) >= 11 is 1.76. The molecule has 0 bridgehead atoms. The molecule has 0 aliphatic rings. The van der Waals surface area contributed by atoms with Crippen LogP contribution >= 0.6 is 11.8 Å². The van der Waals surface area contributed by atoms with Gasteiger partial charge < -0.3 is 13.3 Å². The molecular formula is C14H25NO3SSi. The van der Waals surface area contributed by atoms with Crippen LogP contribution in [0.15, 0.2) is 29.4 Å². The molecule has 0 saturated carbocycles. The molecule has 20 heavy (non-hydrogen) atoms. The average Bonchev–Trinajstić information content (AvgIpc) is 2.46. The van der Waals surface area contributed by atoms with Gasteiger partial charge in [0.25, 0.3) is 0 Å². The maximum Gasteiger partial charge on any atom is 0.500 e. The zero-order chi connectivity index (χ0) is 14.7. The molecule has 0 unspecified atom stereocenters. The minimum atomic E-state index is -2.47. The van der Waals surface area contributed by atoms with Gasteiger partial charge in [-0.3, -0.25) is 0 Å². The summed E-state index contributed by atoms with van der Waals surface area (Å²) in [5.41, 5.74) is 0. The maximum atomic E-state index is 5.83. The highest BCUT2D eigenvalue weighted by Crippen LogP contribution is 2.22. The van der Waals surface area contributed by atoms with Crippen LogP contribution in [0.1, 0.15) is 27.2 Å². The van der Waals surface area contributed by atoms with Crippen molar-refractivity contribution in [3.05, 3.63) is 24.4 Å². The Morgan fingerprint density at radius 2 is 1.70 bits per heavy atom. The second-order valence-corrected chi connectivity index (χ2v) is 7.95. The van der Waals surface area contributed by atoms with E-state index in [0.717, 1.165) is 23.2 Å². The number of thioether (sulfide) groups is 1. The summed E-state index contributed by atoms with van der Waals surface area (Å²) in [4.78, 5) is 4.30. The van der Waals surface area contributed by atoms with Crippen LogP contribution in [-0.4, -0.2) is 39.4 Å². The van der Waals surface area contributed by atoms with Crippen LogP contribution in [0.4, 0.5) is 0 Å². The molecule has 0 radical (unpaired) electrons. The summed E-state index contributed by atoms with van der Waals surface area (Å²) in [6.07, 6.45) is 2.83. The fourth-order valence-electron chi connectivity index (χ4n) is 1.90. The zero-order valence-corrected chi connectivity index (χ0v) is 14.4. The van der Waals surface area contributed by atoms with Crippen molar-refractivity contribution in [2.75, 3.05) is 25.6 Å². The van der Waals surface area contributed by atoms with E-state index in [-0.39, 0.29) is 0 Å².